The molecule has 1 aliphatic carbocycles. The molecule has 0 unspecified atom stereocenters. The summed E-state index contributed by atoms with van der Waals surface area (Å²) in [6.07, 6.45) is 8.67. The van der Waals surface area contributed by atoms with Gasteiger partial charge in [0.25, 0.3) is 0 Å². The Kier molecular flexibility index (Phi) is 5.52. The first-order chi connectivity index (χ1) is 8.81. The van der Waals surface area contributed by atoms with E-state index in [9.17, 15) is 4.79 Å². The van der Waals surface area contributed by atoms with Crippen molar-refractivity contribution in [3.8, 4) is 0 Å². The number of hydrogen-bond donors (Lipinski definition) is 1. The number of nitrogens with one attached hydrogen (secondary N) is 1. The lowest BCUT2D eigenvalue weighted by Crippen LogP contribution is -2.46. The van der Waals surface area contributed by atoms with E-state index < -0.39 is 0 Å². The van der Waals surface area contributed by atoms with Gasteiger partial charge in [-0.05, 0) is 62.9 Å². The minimum atomic E-state index is 0. The SMILES string of the molecule is Cl.O=C(CC1CCNCC1)N1C[C@@H]2CCC[C@@H](C2)C1. The summed E-state index contributed by atoms with van der Waals surface area (Å²) >= 11 is 0. The van der Waals surface area contributed by atoms with Crippen LogP contribution in [0.2, 0.25) is 0 Å². The number of halogens is 1. The Morgan fingerprint density at radius 2 is 1.68 bits per heavy atom. The van der Waals surface area contributed by atoms with E-state index >= 15 is 0 Å². The smallest absolute Gasteiger partial charge is 0.222 e. The van der Waals surface area contributed by atoms with Crippen LogP contribution >= 0.6 is 12.4 Å². The molecular weight excluding hydrogens is 260 g/mol. The molecule has 2 aliphatic heterocycles. The molecule has 19 heavy (non-hydrogen) atoms. The highest BCUT2D eigenvalue weighted by Crippen LogP contribution is 2.34. The zero-order chi connectivity index (χ0) is 12.4. The fourth-order valence-corrected chi connectivity index (χ4v) is 4.10. The number of nitrogens with zero attached hydrogens (tertiary/aromatic N) is 1. The van der Waals surface area contributed by atoms with Gasteiger partial charge in [-0.25, -0.2) is 0 Å². The van der Waals surface area contributed by atoms with Crippen molar-refractivity contribution < 1.29 is 4.79 Å². The van der Waals surface area contributed by atoms with E-state index in [4.69, 9.17) is 0 Å². The molecule has 2 heterocycles. The minimum absolute atomic E-state index is 0. The van der Waals surface area contributed by atoms with Crippen molar-refractivity contribution in [2.24, 2.45) is 17.8 Å². The van der Waals surface area contributed by atoms with Crippen molar-refractivity contribution in [1.29, 1.82) is 0 Å². The van der Waals surface area contributed by atoms with Gasteiger partial charge in [-0.1, -0.05) is 6.42 Å². The van der Waals surface area contributed by atoms with Crippen molar-refractivity contribution in [3.63, 3.8) is 0 Å². The van der Waals surface area contributed by atoms with Crippen molar-refractivity contribution >= 4 is 18.3 Å². The highest BCUT2D eigenvalue weighted by atomic mass is 35.5. The van der Waals surface area contributed by atoms with Crippen LogP contribution in [-0.4, -0.2) is 37.0 Å². The minimum Gasteiger partial charge on any atom is -0.342 e. The maximum absolute atomic E-state index is 12.4. The van der Waals surface area contributed by atoms with Crippen LogP contribution in [0.15, 0.2) is 0 Å². The molecule has 1 saturated carbocycles. The Labute approximate surface area is 122 Å². The van der Waals surface area contributed by atoms with Crippen LogP contribution in [0.4, 0.5) is 0 Å². The van der Waals surface area contributed by atoms with E-state index in [2.05, 4.69) is 10.2 Å². The van der Waals surface area contributed by atoms with Gasteiger partial charge >= 0.3 is 0 Å². The van der Waals surface area contributed by atoms with Crippen LogP contribution in [0.25, 0.3) is 0 Å². The summed E-state index contributed by atoms with van der Waals surface area (Å²) < 4.78 is 0. The second kappa shape index (κ2) is 6.94. The first-order valence-corrected chi connectivity index (χ1v) is 7.80. The zero-order valence-electron chi connectivity index (χ0n) is 11.8. The summed E-state index contributed by atoms with van der Waals surface area (Å²) in [5.74, 6) is 2.71. The third kappa shape index (κ3) is 3.85. The van der Waals surface area contributed by atoms with E-state index in [0.29, 0.717) is 11.8 Å². The molecule has 2 atom stereocenters. The van der Waals surface area contributed by atoms with Crippen LogP contribution < -0.4 is 5.32 Å². The summed E-state index contributed by atoms with van der Waals surface area (Å²) in [4.78, 5) is 14.6. The number of carbonyl (C=O) groups is 1. The Balaban J connectivity index is 0.00000133. The van der Waals surface area contributed by atoms with Crippen LogP contribution in [0.3, 0.4) is 0 Å². The number of carbonyl (C=O) groups excluding carboxylic acids is 1. The Bertz CT molecular complexity index is 293. The lowest BCUT2D eigenvalue weighted by Gasteiger charge is -2.42. The average molecular weight is 287 g/mol. The highest BCUT2D eigenvalue weighted by molar-refractivity contribution is 5.85. The van der Waals surface area contributed by atoms with E-state index in [1.54, 1.807) is 0 Å². The van der Waals surface area contributed by atoms with Crippen molar-refractivity contribution in [3.05, 3.63) is 0 Å². The van der Waals surface area contributed by atoms with Gasteiger partial charge in [0.2, 0.25) is 5.91 Å². The molecule has 0 radical (unpaired) electrons. The van der Waals surface area contributed by atoms with Crippen LogP contribution in [0.5, 0.6) is 0 Å². The van der Waals surface area contributed by atoms with E-state index in [0.717, 1.165) is 44.4 Å². The molecular formula is C15H27ClN2O. The van der Waals surface area contributed by atoms with Gasteiger partial charge < -0.3 is 10.2 Å². The molecule has 4 heteroatoms. The highest BCUT2D eigenvalue weighted by Gasteiger charge is 2.33. The summed E-state index contributed by atoms with van der Waals surface area (Å²) in [7, 11) is 0. The van der Waals surface area contributed by atoms with E-state index in [1.165, 1.54) is 38.5 Å². The summed E-state index contributed by atoms with van der Waals surface area (Å²) in [5.41, 5.74) is 0. The molecule has 0 aromatic rings. The maximum atomic E-state index is 12.4. The molecule has 2 saturated heterocycles. The normalized spacial score (nSPS) is 31.7. The number of piperidine rings is 2. The quantitative estimate of drug-likeness (QED) is 0.846. The third-order valence-corrected chi connectivity index (χ3v) is 5.12. The fourth-order valence-electron chi connectivity index (χ4n) is 4.10. The van der Waals surface area contributed by atoms with Crippen molar-refractivity contribution in [1.82, 2.24) is 10.2 Å². The van der Waals surface area contributed by atoms with E-state index in [1.807, 2.05) is 0 Å². The van der Waals surface area contributed by atoms with Gasteiger partial charge in [0.05, 0.1) is 0 Å². The Morgan fingerprint density at radius 1 is 1.05 bits per heavy atom. The summed E-state index contributed by atoms with van der Waals surface area (Å²) in [5, 5.41) is 3.37. The first-order valence-electron chi connectivity index (χ1n) is 7.80. The molecule has 3 rings (SSSR count). The molecule has 0 aromatic heterocycles. The number of hydrogen-bond acceptors (Lipinski definition) is 2. The molecule has 3 nitrogen and oxygen atoms in total. The molecule has 2 bridgehead atoms. The Morgan fingerprint density at radius 3 is 2.32 bits per heavy atom. The number of rotatable bonds is 2. The Hall–Kier alpha value is -0.280. The number of likely N-dealkylation sites (tertiary alicyclic amines) is 1. The molecule has 0 aromatic carbocycles. The van der Waals surface area contributed by atoms with Gasteiger partial charge in [0.1, 0.15) is 0 Å². The predicted molar refractivity (Wildman–Crippen MR) is 79.5 cm³/mol. The molecule has 3 fully saturated rings. The van der Waals surface area contributed by atoms with Crippen LogP contribution in [0, 0.1) is 17.8 Å². The molecule has 3 aliphatic rings. The monoisotopic (exact) mass is 286 g/mol. The lowest BCUT2D eigenvalue weighted by molar-refractivity contribution is -0.136. The van der Waals surface area contributed by atoms with Gasteiger partial charge in [0.15, 0.2) is 0 Å². The largest absolute Gasteiger partial charge is 0.342 e. The van der Waals surface area contributed by atoms with Gasteiger partial charge in [-0.3, -0.25) is 4.79 Å². The molecule has 0 spiro atoms. The zero-order valence-corrected chi connectivity index (χ0v) is 12.6. The molecule has 1 amide bonds. The summed E-state index contributed by atoms with van der Waals surface area (Å²) in [6.45, 7) is 4.31. The van der Waals surface area contributed by atoms with Crippen LogP contribution in [-0.2, 0) is 4.79 Å². The molecule has 110 valence electrons. The topological polar surface area (TPSA) is 32.3 Å². The summed E-state index contributed by atoms with van der Waals surface area (Å²) in [6, 6.07) is 0. The second-order valence-electron chi connectivity index (χ2n) is 6.59. The van der Waals surface area contributed by atoms with Gasteiger partial charge in [-0.15, -0.1) is 12.4 Å². The fraction of sp³-hybridized carbons (Fsp3) is 0.933. The molecule has 1 N–H and O–H groups in total. The predicted octanol–water partition coefficient (Wildman–Crippen LogP) is 2.45. The average Bonchev–Trinajstić information content (AvgIpc) is 2.39. The van der Waals surface area contributed by atoms with Crippen LogP contribution in [0.1, 0.15) is 44.9 Å². The van der Waals surface area contributed by atoms with Gasteiger partial charge in [-0.2, -0.15) is 0 Å². The number of fused-ring (bicyclic) bond motifs is 2. The van der Waals surface area contributed by atoms with Crippen molar-refractivity contribution in [2.75, 3.05) is 26.2 Å². The number of amides is 1. The standard InChI is InChI=1S/C15H26N2O.ClH/c18-15(9-12-4-6-16-7-5-12)17-10-13-2-1-3-14(8-13)11-17;/h12-14,16H,1-11H2;1H/t13-,14+;. The first kappa shape index (κ1) is 15.1. The third-order valence-electron chi connectivity index (χ3n) is 5.12. The van der Waals surface area contributed by atoms with E-state index in [-0.39, 0.29) is 12.4 Å². The van der Waals surface area contributed by atoms with Gasteiger partial charge in [0, 0.05) is 19.5 Å². The van der Waals surface area contributed by atoms with Crippen molar-refractivity contribution in [2.45, 2.75) is 44.9 Å². The second-order valence-corrected chi connectivity index (χ2v) is 6.59. The lowest BCUT2D eigenvalue weighted by atomic mass is 9.77. The maximum Gasteiger partial charge on any atom is 0.222 e.